The van der Waals surface area contributed by atoms with Crippen molar-refractivity contribution in [2.75, 3.05) is 6.61 Å². The first-order chi connectivity index (χ1) is 8.78. The van der Waals surface area contributed by atoms with Crippen molar-refractivity contribution in [3.8, 4) is 5.75 Å². The van der Waals surface area contributed by atoms with E-state index >= 15 is 0 Å². The molecule has 1 fully saturated rings. The summed E-state index contributed by atoms with van der Waals surface area (Å²) in [6, 6.07) is 7.53. The lowest BCUT2D eigenvalue weighted by atomic mass is 10.0. The summed E-state index contributed by atoms with van der Waals surface area (Å²) >= 11 is 3.55. The molecule has 1 aliphatic carbocycles. The maximum absolute atomic E-state index is 5.72. The van der Waals surface area contributed by atoms with Crippen LogP contribution in [0.3, 0.4) is 0 Å². The van der Waals surface area contributed by atoms with Gasteiger partial charge in [-0.3, -0.25) is 0 Å². The van der Waals surface area contributed by atoms with Gasteiger partial charge < -0.3 is 10.1 Å². The van der Waals surface area contributed by atoms with Crippen molar-refractivity contribution >= 4 is 15.9 Å². The molecule has 3 atom stereocenters. The number of rotatable bonds is 4. The van der Waals surface area contributed by atoms with E-state index in [-0.39, 0.29) is 0 Å². The van der Waals surface area contributed by atoms with E-state index in [0.717, 1.165) is 35.2 Å². The van der Waals surface area contributed by atoms with Crippen LogP contribution in [0, 0.1) is 5.92 Å². The fourth-order valence-corrected chi connectivity index (χ4v) is 3.32. The van der Waals surface area contributed by atoms with Gasteiger partial charge in [-0.05, 0) is 37.0 Å². The van der Waals surface area contributed by atoms with Gasteiger partial charge in [0.1, 0.15) is 5.75 Å². The predicted molar refractivity (Wildman–Crippen MR) is 76.9 cm³/mol. The number of nitrogens with one attached hydrogen (secondary N) is 1. The zero-order chi connectivity index (χ0) is 12.5. The summed E-state index contributed by atoms with van der Waals surface area (Å²) in [6.45, 7) is 3.10. The van der Waals surface area contributed by atoms with Crippen LogP contribution in [0.15, 0.2) is 22.7 Å². The zero-order valence-corrected chi connectivity index (χ0v) is 12.4. The van der Waals surface area contributed by atoms with E-state index in [2.05, 4.69) is 46.4 Å². The molecule has 0 spiro atoms. The van der Waals surface area contributed by atoms with E-state index in [1.54, 1.807) is 0 Å². The Hall–Kier alpha value is -0.540. The minimum absolute atomic E-state index is 0.470. The predicted octanol–water partition coefficient (Wildman–Crippen LogP) is 4.05. The van der Waals surface area contributed by atoms with Gasteiger partial charge in [0.25, 0.3) is 0 Å². The van der Waals surface area contributed by atoms with Crippen LogP contribution in [0.1, 0.15) is 44.2 Å². The highest BCUT2D eigenvalue weighted by Crippen LogP contribution is 2.40. The Morgan fingerprint density at radius 3 is 3.17 bits per heavy atom. The average molecular weight is 310 g/mol. The summed E-state index contributed by atoms with van der Waals surface area (Å²) in [4.78, 5) is 0. The molecule has 18 heavy (non-hydrogen) atoms. The van der Waals surface area contributed by atoms with Crippen molar-refractivity contribution in [1.29, 1.82) is 0 Å². The minimum Gasteiger partial charge on any atom is -0.493 e. The van der Waals surface area contributed by atoms with E-state index in [1.165, 1.54) is 24.8 Å². The summed E-state index contributed by atoms with van der Waals surface area (Å²) in [5, 5.41) is 3.81. The summed E-state index contributed by atoms with van der Waals surface area (Å²) in [5.74, 6) is 1.96. The first-order valence-corrected chi connectivity index (χ1v) is 7.75. The van der Waals surface area contributed by atoms with Gasteiger partial charge >= 0.3 is 0 Å². The fraction of sp³-hybridized carbons (Fsp3) is 0.600. The molecule has 1 aromatic carbocycles. The van der Waals surface area contributed by atoms with Crippen molar-refractivity contribution in [3.63, 3.8) is 0 Å². The zero-order valence-electron chi connectivity index (χ0n) is 10.8. The number of hydrogen-bond acceptors (Lipinski definition) is 2. The van der Waals surface area contributed by atoms with E-state index in [9.17, 15) is 0 Å². The smallest absolute Gasteiger partial charge is 0.124 e. The second kappa shape index (κ2) is 5.22. The van der Waals surface area contributed by atoms with E-state index in [4.69, 9.17) is 4.74 Å². The molecule has 3 heteroatoms. The van der Waals surface area contributed by atoms with Gasteiger partial charge in [0.2, 0.25) is 0 Å². The van der Waals surface area contributed by atoms with Crippen LogP contribution in [0.4, 0.5) is 0 Å². The van der Waals surface area contributed by atoms with Gasteiger partial charge in [0.15, 0.2) is 0 Å². The van der Waals surface area contributed by atoms with Crippen LogP contribution >= 0.6 is 15.9 Å². The van der Waals surface area contributed by atoms with Crippen LogP contribution in [-0.4, -0.2) is 12.6 Å². The molecule has 98 valence electrons. The number of halogens is 1. The molecule has 0 saturated heterocycles. The number of fused-ring (bicyclic) bond motifs is 1. The number of benzene rings is 1. The van der Waals surface area contributed by atoms with Crippen molar-refractivity contribution in [2.45, 2.75) is 44.7 Å². The molecule has 1 aromatic rings. The number of hydrogen-bond donors (Lipinski definition) is 1. The molecule has 1 N–H and O–H groups in total. The fourth-order valence-electron chi connectivity index (χ4n) is 2.94. The normalized spacial score (nSPS) is 29.6. The first kappa shape index (κ1) is 12.5. The minimum atomic E-state index is 0.470. The molecule has 3 rings (SSSR count). The molecule has 0 radical (unpaired) electrons. The molecule has 1 saturated carbocycles. The largest absolute Gasteiger partial charge is 0.493 e. The third-order valence-corrected chi connectivity index (χ3v) is 4.50. The van der Waals surface area contributed by atoms with Crippen molar-refractivity contribution in [3.05, 3.63) is 28.2 Å². The lowest BCUT2D eigenvalue weighted by Crippen LogP contribution is -2.29. The molecule has 2 aliphatic rings. The summed E-state index contributed by atoms with van der Waals surface area (Å²) < 4.78 is 6.86. The summed E-state index contributed by atoms with van der Waals surface area (Å²) in [5.41, 5.74) is 1.32. The SMILES string of the molecule is CCCC1CC1NC1CCOc2ccc(Br)cc21. The van der Waals surface area contributed by atoms with Crippen molar-refractivity contribution in [2.24, 2.45) is 5.92 Å². The highest BCUT2D eigenvalue weighted by atomic mass is 79.9. The lowest BCUT2D eigenvalue weighted by Gasteiger charge is -2.27. The van der Waals surface area contributed by atoms with Crippen LogP contribution in [-0.2, 0) is 0 Å². The maximum atomic E-state index is 5.72. The molecule has 0 bridgehead atoms. The Labute approximate surface area is 117 Å². The molecular formula is C15H20BrNO. The van der Waals surface area contributed by atoms with Crippen LogP contribution < -0.4 is 10.1 Å². The van der Waals surface area contributed by atoms with Gasteiger partial charge in [-0.1, -0.05) is 29.3 Å². The molecule has 2 nitrogen and oxygen atoms in total. The molecule has 3 unspecified atom stereocenters. The van der Waals surface area contributed by atoms with Crippen LogP contribution in [0.5, 0.6) is 5.75 Å². The number of ether oxygens (including phenoxy) is 1. The van der Waals surface area contributed by atoms with Crippen molar-refractivity contribution < 1.29 is 4.74 Å². The molecular weight excluding hydrogens is 290 g/mol. The first-order valence-electron chi connectivity index (χ1n) is 6.96. The van der Waals surface area contributed by atoms with E-state index in [1.807, 2.05) is 0 Å². The quantitative estimate of drug-likeness (QED) is 0.906. The molecule has 0 aromatic heterocycles. The van der Waals surface area contributed by atoms with Gasteiger partial charge in [-0.25, -0.2) is 0 Å². The van der Waals surface area contributed by atoms with Gasteiger partial charge in [0.05, 0.1) is 6.61 Å². The highest BCUT2D eigenvalue weighted by molar-refractivity contribution is 9.10. The van der Waals surface area contributed by atoms with E-state index in [0.29, 0.717) is 6.04 Å². The summed E-state index contributed by atoms with van der Waals surface area (Å²) in [7, 11) is 0. The molecule has 1 heterocycles. The van der Waals surface area contributed by atoms with Gasteiger partial charge in [0, 0.05) is 28.5 Å². The monoisotopic (exact) mass is 309 g/mol. The topological polar surface area (TPSA) is 21.3 Å². The Morgan fingerprint density at radius 2 is 2.33 bits per heavy atom. The summed E-state index contributed by atoms with van der Waals surface area (Å²) in [6.07, 6.45) is 5.11. The Morgan fingerprint density at radius 1 is 1.44 bits per heavy atom. The van der Waals surface area contributed by atoms with E-state index < -0.39 is 0 Å². The van der Waals surface area contributed by atoms with Gasteiger partial charge in [-0.15, -0.1) is 0 Å². The third kappa shape index (κ3) is 2.57. The Kier molecular flexibility index (Phi) is 3.62. The Balaban J connectivity index is 1.70. The third-order valence-electron chi connectivity index (χ3n) is 4.01. The second-order valence-electron chi connectivity index (χ2n) is 5.43. The van der Waals surface area contributed by atoms with Crippen LogP contribution in [0.25, 0.3) is 0 Å². The van der Waals surface area contributed by atoms with Crippen LogP contribution in [0.2, 0.25) is 0 Å². The lowest BCUT2D eigenvalue weighted by molar-refractivity contribution is 0.250. The van der Waals surface area contributed by atoms with Gasteiger partial charge in [-0.2, -0.15) is 0 Å². The highest BCUT2D eigenvalue weighted by Gasteiger charge is 2.38. The second-order valence-corrected chi connectivity index (χ2v) is 6.35. The molecule has 0 amide bonds. The average Bonchev–Trinajstić information content (AvgIpc) is 3.09. The standard InChI is InChI=1S/C15H20BrNO/c1-2-3-10-8-14(10)17-13-6-7-18-15-5-4-11(16)9-12(13)15/h4-5,9-10,13-14,17H,2-3,6-8H2,1H3. The molecule has 1 aliphatic heterocycles. The Bertz CT molecular complexity index is 435. The van der Waals surface area contributed by atoms with Crippen molar-refractivity contribution in [1.82, 2.24) is 5.32 Å². The maximum Gasteiger partial charge on any atom is 0.124 e.